The lowest BCUT2D eigenvalue weighted by atomic mass is 10.1. The van der Waals surface area contributed by atoms with E-state index in [-0.39, 0.29) is 0 Å². The number of nitrogens with zero attached hydrogens (tertiary/aromatic N) is 2. The molecule has 1 saturated carbocycles. The molecule has 1 fully saturated rings. The van der Waals surface area contributed by atoms with Gasteiger partial charge in [0.05, 0.1) is 5.39 Å². The highest BCUT2D eigenvalue weighted by atomic mass is 32.1. The molecule has 1 aliphatic carbocycles. The van der Waals surface area contributed by atoms with E-state index in [0.717, 1.165) is 21.9 Å². The minimum Gasteiger partial charge on any atom is -0.372 e. The van der Waals surface area contributed by atoms with Gasteiger partial charge in [-0.25, -0.2) is 9.97 Å². The van der Waals surface area contributed by atoms with Crippen molar-refractivity contribution in [1.82, 2.24) is 9.97 Å². The van der Waals surface area contributed by atoms with Crippen LogP contribution in [0.1, 0.15) is 24.6 Å². The number of aromatic nitrogens is 2. The predicted octanol–water partition coefficient (Wildman–Crippen LogP) is 4.28. The Morgan fingerprint density at radius 3 is 2.65 bits per heavy atom. The van der Waals surface area contributed by atoms with E-state index in [9.17, 15) is 0 Å². The van der Waals surface area contributed by atoms with Crippen molar-refractivity contribution in [3.8, 4) is 11.1 Å². The third-order valence-corrected chi connectivity index (χ3v) is 4.59. The molecule has 0 spiro atoms. The molecule has 1 N–H and O–H groups in total. The van der Waals surface area contributed by atoms with Crippen molar-refractivity contribution in [2.24, 2.45) is 0 Å². The quantitative estimate of drug-likeness (QED) is 0.778. The van der Waals surface area contributed by atoms with E-state index in [2.05, 4.69) is 35.0 Å². The van der Waals surface area contributed by atoms with Crippen LogP contribution in [-0.2, 0) is 0 Å². The standard InChI is InChI=1S/C16H15N3S/c1-17-15-13-12(10-5-3-2-4-6-10)9-20-16(13)19-14(18-15)11-7-8-11/h2-6,9,11H,7-8H2,1H3,(H,17,18,19). The van der Waals surface area contributed by atoms with Gasteiger partial charge in [0.25, 0.3) is 0 Å². The van der Waals surface area contributed by atoms with Crippen LogP contribution < -0.4 is 5.32 Å². The second-order valence-corrected chi connectivity index (χ2v) is 6.01. The van der Waals surface area contributed by atoms with Gasteiger partial charge in [0.2, 0.25) is 0 Å². The Morgan fingerprint density at radius 2 is 1.95 bits per heavy atom. The van der Waals surface area contributed by atoms with E-state index in [1.165, 1.54) is 24.0 Å². The molecule has 20 heavy (non-hydrogen) atoms. The first-order chi connectivity index (χ1) is 9.86. The summed E-state index contributed by atoms with van der Waals surface area (Å²) >= 11 is 1.71. The Bertz CT molecular complexity index is 760. The van der Waals surface area contributed by atoms with Crippen LogP contribution >= 0.6 is 11.3 Å². The van der Waals surface area contributed by atoms with Gasteiger partial charge in [0, 0.05) is 23.9 Å². The third-order valence-electron chi connectivity index (χ3n) is 3.71. The molecule has 3 aromatic rings. The predicted molar refractivity (Wildman–Crippen MR) is 84.4 cm³/mol. The van der Waals surface area contributed by atoms with E-state index >= 15 is 0 Å². The van der Waals surface area contributed by atoms with Gasteiger partial charge < -0.3 is 5.32 Å². The summed E-state index contributed by atoms with van der Waals surface area (Å²) in [5, 5.41) is 6.58. The van der Waals surface area contributed by atoms with Gasteiger partial charge in [-0.1, -0.05) is 30.3 Å². The molecule has 100 valence electrons. The molecule has 2 heterocycles. The molecule has 0 atom stereocenters. The molecule has 2 aromatic heterocycles. The summed E-state index contributed by atoms with van der Waals surface area (Å²) in [6.45, 7) is 0. The van der Waals surface area contributed by atoms with Gasteiger partial charge in [-0.2, -0.15) is 0 Å². The van der Waals surface area contributed by atoms with Crippen molar-refractivity contribution in [2.45, 2.75) is 18.8 Å². The van der Waals surface area contributed by atoms with Crippen LogP contribution in [-0.4, -0.2) is 17.0 Å². The summed E-state index contributed by atoms with van der Waals surface area (Å²) in [5.41, 5.74) is 2.44. The summed E-state index contributed by atoms with van der Waals surface area (Å²) in [7, 11) is 1.94. The highest BCUT2D eigenvalue weighted by molar-refractivity contribution is 7.17. The molecular weight excluding hydrogens is 266 g/mol. The van der Waals surface area contributed by atoms with Crippen LogP contribution in [0.5, 0.6) is 0 Å². The monoisotopic (exact) mass is 281 g/mol. The number of fused-ring (bicyclic) bond motifs is 1. The fourth-order valence-corrected chi connectivity index (χ4v) is 3.45. The maximum atomic E-state index is 4.76. The average molecular weight is 281 g/mol. The largest absolute Gasteiger partial charge is 0.372 e. The Morgan fingerprint density at radius 1 is 1.15 bits per heavy atom. The Hall–Kier alpha value is -1.94. The minimum atomic E-state index is 0.578. The van der Waals surface area contributed by atoms with Gasteiger partial charge in [-0.15, -0.1) is 11.3 Å². The summed E-state index contributed by atoms with van der Waals surface area (Å²) in [4.78, 5) is 10.6. The van der Waals surface area contributed by atoms with Crippen molar-refractivity contribution in [3.63, 3.8) is 0 Å². The highest BCUT2D eigenvalue weighted by Crippen LogP contribution is 2.42. The van der Waals surface area contributed by atoms with Gasteiger partial charge in [-0.3, -0.25) is 0 Å². The van der Waals surface area contributed by atoms with E-state index in [1.807, 2.05) is 13.1 Å². The smallest absolute Gasteiger partial charge is 0.138 e. The van der Waals surface area contributed by atoms with Gasteiger partial charge in [0.15, 0.2) is 0 Å². The van der Waals surface area contributed by atoms with E-state index in [4.69, 9.17) is 9.97 Å². The lowest BCUT2D eigenvalue weighted by molar-refractivity contribution is 0.952. The fourth-order valence-electron chi connectivity index (χ4n) is 2.49. The molecule has 0 saturated heterocycles. The van der Waals surface area contributed by atoms with Crippen molar-refractivity contribution < 1.29 is 0 Å². The zero-order valence-corrected chi connectivity index (χ0v) is 12.1. The molecule has 1 aliphatic rings. The lowest BCUT2D eigenvalue weighted by Crippen LogP contribution is -1.99. The number of benzene rings is 1. The van der Waals surface area contributed by atoms with Crippen molar-refractivity contribution in [1.29, 1.82) is 0 Å². The number of thiophene rings is 1. The van der Waals surface area contributed by atoms with E-state index in [0.29, 0.717) is 5.92 Å². The highest BCUT2D eigenvalue weighted by Gasteiger charge is 2.28. The molecule has 4 rings (SSSR count). The van der Waals surface area contributed by atoms with Crippen LogP contribution in [0.15, 0.2) is 35.7 Å². The molecule has 0 unspecified atom stereocenters. The zero-order chi connectivity index (χ0) is 13.5. The summed E-state index contributed by atoms with van der Waals surface area (Å²) < 4.78 is 0. The molecule has 0 amide bonds. The fraction of sp³-hybridized carbons (Fsp3) is 0.250. The summed E-state index contributed by atoms with van der Waals surface area (Å²) in [6, 6.07) is 10.4. The number of rotatable bonds is 3. The molecular formula is C16H15N3S. The summed E-state index contributed by atoms with van der Waals surface area (Å²) in [6.07, 6.45) is 2.46. The molecule has 0 radical (unpaired) electrons. The Balaban J connectivity index is 1.95. The Labute approximate surface area is 121 Å². The van der Waals surface area contributed by atoms with Crippen LogP contribution in [0.2, 0.25) is 0 Å². The number of nitrogens with one attached hydrogen (secondary N) is 1. The van der Waals surface area contributed by atoms with Gasteiger partial charge >= 0.3 is 0 Å². The zero-order valence-electron chi connectivity index (χ0n) is 11.3. The van der Waals surface area contributed by atoms with Crippen LogP contribution in [0.3, 0.4) is 0 Å². The van der Waals surface area contributed by atoms with Crippen LogP contribution in [0, 0.1) is 0 Å². The molecule has 3 nitrogen and oxygen atoms in total. The number of anilines is 1. The second-order valence-electron chi connectivity index (χ2n) is 5.15. The summed E-state index contributed by atoms with van der Waals surface area (Å²) in [5.74, 6) is 2.54. The van der Waals surface area contributed by atoms with Gasteiger partial charge in [-0.05, 0) is 18.4 Å². The minimum absolute atomic E-state index is 0.578. The number of hydrogen-bond acceptors (Lipinski definition) is 4. The van der Waals surface area contributed by atoms with Crippen molar-refractivity contribution >= 4 is 27.4 Å². The average Bonchev–Trinajstić information content (AvgIpc) is 3.27. The van der Waals surface area contributed by atoms with E-state index < -0.39 is 0 Å². The van der Waals surface area contributed by atoms with Gasteiger partial charge in [0.1, 0.15) is 16.5 Å². The molecule has 1 aromatic carbocycles. The number of hydrogen-bond donors (Lipinski definition) is 1. The Kier molecular flexibility index (Phi) is 2.70. The topological polar surface area (TPSA) is 37.8 Å². The molecule has 0 aliphatic heterocycles. The maximum Gasteiger partial charge on any atom is 0.138 e. The first-order valence-electron chi connectivity index (χ1n) is 6.89. The molecule has 0 bridgehead atoms. The third kappa shape index (κ3) is 1.88. The lowest BCUT2D eigenvalue weighted by Gasteiger charge is -2.07. The van der Waals surface area contributed by atoms with Crippen molar-refractivity contribution in [3.05, 3.63) is 41.5 Å². The SMILES string of the molecule is CNc1nc(C2CC2)nc2scc(-c3ccccc3)c12. The van der Waals surface area contributed by atoms with Crippen molar-refractivity contribution in [2.75, 3.05) is 12.4 Å². The first-order valence-corrected chi connectivity index (χ1v) is 7.77. The van der Waals surface area contributed by atoms with Crippen LogP contribution in [0.4, 0.5) is 5.82 Å². The van der Waals surface area contributed by atoms with Crippen LogP contribution in [0.25, 0.3) is 21.3 Å². The second kappa shape index (κ2) is 4.56. The first kappa shape index (κ1) is 11.9. The molecule has 4 heteroatoms. The maximum absolute atomic E-state index is 4.76. The normalized spacial score (nSPS) is 14.7. The van der Waals surface area contributed by atoms with E-state index in [1.54, 1.807) is 11.3 Å².